The van der Waals surface area contributed by atoms with Gasteiger partial charge in [0.2, 0.25) is 5.91 Å². The smallest absolute Gasteiger partial charge is 0.228 e. The highest BCUT2D eigenvalue weighted by atomic mass is 32.1. The number of nitrogens with zero attached hydrogens (tertiary/aromatic N) is 1. The fraction of sp³-hybridized carbons (Fsp3) is 0.0435. The topological polar surface area (TPSA) is 42.0 Å². The van der Waals surface area contributed by atoms with Gasteiger partial charge in [0.15, 0.2) is 0 Å². The van der Waals surface area contributed by atoms with E-state index >= 15 is 0 Å². The van der Waals surface area contributed by atoms with Crippen LogP contribution in [0, 0.1) is 5.82 Å². The summed E-state index contributed by atoms with van der Waals surface area (Å²) in [5, 5.41) is 5.87. The van der Waals surface area contributed by atoms with Crippen LogP contribution in [0.1, 0.15) is 5.56 Å². The molecule has 0 atom stereocenters. The van der Waals surface area contributed by atoms with Crippen molar-refractivity contribution in [2.45, 2.75) is 6.42 Å². The Morgan fingerprint density at radius 2 is 1.68 bits per heavy atom. The van der Waals surface area contributed by atoms with Gasteiger partial charge in [0.1, 0.15) is 10.8 Å². The molecule has 0 aliphatic rings. The van der Waals surface area contributed by atoms with Gasteiger partial charge in [-0.2, -0.15) is 0 Å². The minimum absolute atomic E-state index is 0.146. The average Bonchev–Trinajstić information content (AvgIpc) is 3.21. The zero-order chi connectivity index (χ0) is 19.3. The molecule has 0 bridgehead atoms. The Kier molecular flexibility index (Phi) is 5.26. The summed E-state index contributed by atoms with van der Waals surface area (Å²) in [7, 11) is 0. The first-order valence-electron chi connectivity index (χ1n) is 8.83. The van der Waals surface area contributed by atoms with Crippen molar-refractivity contribution in [1.29, 1.82) is 0 Å². The molecule has 0 saturated carbocycles. The van der Waals surface area contributed by atoms with Crippen molar-refractivity contribution in [3.8, 4) is 21.8 Å². The van der Waals surface area contributed by atoms with E-state index in [1.54, 1.807) is 23.5 Å². The lowest BCUT2D eigenvalue weighted by atomic mass is 10.1. The first-order valence-corrected chi connectivity index (χ1v) is 9.71. The van der Waals surface area contributed by atoms with Gasteiger partial charge >= 0.3 is 0 Å². The first-order chi connectivity index (χ1) is 13.7. The summed E-state index contributed by atoms with van der Waals surface area (Å²) in [5.41, 5.74) is 4.37. The van der Waals surface area contributed by atoms with Crippen molar-refractivity contribution in [3.05, 3.63) is 95.6 Å². The quantitative estimate of drug-likeness (QED) is 0.470. The van der Waals surface area contributed by atoms with E-state index in [1.807, 2.05) is 60.0 Å². The lowest BCUT2D eigenvalue weighted by Crippen LogP contribution is -2.14. The number of aromatic nitrogens is 1. The van der Waals surface area contributed by atoms with Gasteiger partial charge in [0, 0.05) is 22.2 Å². The van der Waals surface area contributed by atoms with Crippen LogP contribution in [-0.2, 0) is 11.2 Å². The number of carbonyl (C=O) groups excluding carboxylic acids is 1. The van der Waals surface area contributed by atoms with Crippen LogP contribution in [-0.4, -0.2) is 10.9 Å². The van der Waals surface area contributed by atoms with Crippen LogP contribution >= 0.6 is 11.3 Å². The van der Waals surface area contributed by atoms with Crippen LogP contribution in [0.15, 0.2) is 84.2 Å². The molecule has 4 aromatic rings. The van der Waals surface area contributed by atoms with Crippen molar-refractivity contribution >= 4 is 22.9 Å². The van der Waals surface area contributed by atoms with Gasteiger partial charge < -0.3 is 5.32 Å². The van der Waals surface area contributed by atoms with Crippen LogP contribution in [0.3, 0.4) is 0 Å². The largest absolute Gasteiger partial charge is 0.326 e. The number of nitrogens with one attached hydrogen (secondary N) is 1. The van der Waals surface area contributed by atoms with Gasteiger partial charge in [-0.05, 0) is 29.8 Å². The molecule has 3 nitrogen and oxygen atoms in total. The second kappa shape index (κ2) is 8.15. The van der Waals surface area contributed by atoms with E-state index in [0.29, 0.717) is 5.69 Å². The number of benzene rings is 3. The van der Waals surface area contributed by atoms with Crippen LogP contribution in [0.25, 0.3) is 21.8 Å². The number of hydrogen-bond donors (Lipinski definition) is 1. The molecule has 0 radical (unpaired) electrons. The van der Waals surface area contributed by atoms with E-state index in [-0.39, 0.29) is 18.1 Å². The molecular weight excluding hydrogens is 371 g/mol. The molecule has 0 spiro atoms. The SMILES string of the molecule is O=C(Cc1ccc(F)cc1)Nc1cccc(-c2csc(-c3ccccc3)n2)c1. The third-order valence-corrected chi connectivity index (χ3v) is 5.14. The molecule has 0 fully saturated rings. The van der Waals surface area contributed by atoms with E-state index in [9.17, 15) is 9.18 Å². The number of halogens is 1. The fourth-order valence-corrected chi connectivity index (χ4v) is 3.70. The summed E-state index contributed by atoms with van der Waals surface area (Å²) in [6.07, 6.45) is 0.194. The van der Waals surface area contributed by atoms with E-state index in [0.717, 1.165) is 27.4 Å². The Morgan fingerprint density at radius 3 is 2.46 bits per heavy atom. The van der Waals surface area contributed by atoms with E-state index in [4.69, 9.17) is 4.98 Å². The lowest BCUT2D eigenvalue weighted by molar-refractivity contribution is -0.115. The second-order valence-electron chi connectivity index (χ2n) is 6.34. The zero-order valence-electron chi connectivity index (χ0n) is 14.9. The van der Waals surface area contributed by atoms with Crippen molar-refractivity contribution in [2.24, 2.45) is 0 Å². The Labute approximate surface area is 166 Å². The predicted octanol–water partition coefficient (Wildman–Crippen LogP) is 5.80. The molecule has 3 aromatic carbocycles. The van der Waals surface area contributed by atoms with Crippen LogP contribution in [0.2, 0.25) is 0 Å². The molecule has 1 heterocycles. The van der Waals surface area contributed by atoms with Crippen LogP contribution in [0.4, 0.5) is 10.1 Å². The van der Waals surface area contributed by atoms with E-state index in [1.165, 1.54) is 12.1 Å². The molecule has 0 aliphatic carbocycles. The lowest BCUT2D eigenvalue weighted by Gasteiger charge is -2.07. The van der Waals surface area contributed by atoms with Gasteiger partial charge in [0.05, 0.1) is 12.1 Å². The molecule has 28 heavy (non-hydrogen) atoms. The maximum atomic E-state index is 13.0. The summed E-state index contributed by atoms with van der Waals surface area (Å²) in [4.78, 5) is 17.0. The highest BCUT2D eigenvalue weighted by Gasteiger charge is 2.09. The molecule has 1 aromatic heterocycles. The Balaban J connectivity index is 1.48. The van der Waals surface area contributed by atoms with Crippen molar-refractivity contribution in [2.75, 3.05) is 5.32 Å². The maximum Gasteiger partial charge on any atom is 0.228 e. The average molecular weight is 388 g/mol. The molecule has 0 saturated heterocycles. The molecule has 5 heteroatoms. The molecule has 0 unspecified atom stereocenters. The van der Waals surface area contributed by atoms with Gasteiger partial charge in [0.25, 0.3) is 0 Å². The Bertz CT molecular complexity index is 1090. The van der Waals surface area contributed by atoms with E-state index < -0.39 is 0 Å². The third kappa shape index (κ3) is 4.32. The Hall–Kier alpha value is -3.31. The summed E-state index contributed by atoms with van der Waals surface area (Å²) < 4.78 is 13.0. The number of carbonyl (C=O) groups is 1. The van der Waals surface area contributed by atoms with Gasteiger partial charge in [-0.3, -0.25) is 4.79 Å². The molecular formula is C23H17FN2OS. The monoisotopic (exact) mass is 388 g/mol. The molecule has 1 amide bonds. The summed E-state index contributed by atoms with van der Waals surface area (Å²) in [6, 6.07) is 23.6. The summed E-state index contributed by atoms with van der Waals surface area (Å²) >= 11 is 1.59. The maximum absolute atomic E-state index is 13.0. The highest BCUT2D eigenvalue weighted by Crippen LogP contribution is 2.29. The molecule has 138 valence electrons. The summed E-state index contributed by atoms with van der Waals surface area (Å²) in [6.45, 7) is 0. The van der Waals surface area contributed by atoms with Gasteiger partial charge in [-0.15, -0.1) is 11.3 Å². The van der Waals surface area contributed by atoms with Crippen molar-refractivity contribution in [3.63, 3.8) is 0 Å². The first kappa shape index (κ1) is 18.1. The predicted molar refractivity (Wildman–Crippen MR) is 112 cm³/mol. The number of hydrogen-bond acceptors (Lipinski definition) is 3. The minimum atomic E-state index is -0.310. The van der Waals surface area contributed by atoms with Crippen LogP contribution < -0.4 is 5.32 Å². The second-order valence-corrected chi connectivity index (χ2v) is 7.19. The standard InChI is InChI=1S/C23H17FN2OS/c24-19-11-9-16(10-12-19)13-22(27)25-20-8-4-7-18(14-20)21-15-28-23(26-21)17-5-2-1-3-6-17/h1-12,14-15H,13H2,(H,25,27). The minimum Gasteiger partial charge on any atom is -0.326 e. The highest BCUT2D eigenvalue weighted by molar-refractivity contribution is 7.13. The number of rotatable bonds is 5. The normalized spacial score (nSPS) is 10.6. The number of thiazole rings is 1. The van der Waals surface area contributed by atoms with Gasteiger partial charge in [-0.25, -0.2) is 9.37 Å². The molecule has 0 aliphatic heterocycles. The van der Waals surface area contributed by atoms with E-state index in [2.05, 4.69) is 5.32 Å². The van der Waals surface area contributed by atoms with Crippen molar-refractivity contribution < 1.29 is 9.18 Å². The number of amides is 1. The molecule has 1 N–H and O–H groups in total. The fourth-order valence-electron chi connectivity index (χ4n) is 2.87. The zero-order valence-corrected chi connectivity index (χ0v) is 15.7. The summed E-state index contributed by atoms with van der Waals surface area (Å²) in [5.74, 6) is -0.456. The Morgan fingerprint density at radius 1 is 0.929 bits per heavy atom. The number of anilines is 1. The van der Waals surface area contributed by atoms with Gasteiger partial charge in [-0.1, -0.05) is 54.6 Å². The van der Waals surface area contributed by atoms with Crippen molar-refractivity contribution in [1.82, 2.24) is 4.98 Å². The third-order valence-electron chi connectivity index (χ3n) is 4.24. The molecule has 4 rings (SSSR count). The van der Waals surface area contributed by atoms with Crippen LogP contribution in [0.5, 0.6) is 0 Å².